The molecule has 3 nitrogen and oxygen atoms in total. The van der Waals surface area contributed by atoms with Gasteiger partial charge < -0.3 is 9.84 Å². The fourth-order valence-electron chi connectivity index (χ4n) is 6.05. The normalized spacial score (nSPS) is 11.2. The van der Waals surface area contributed by atoms with Crippen molar-refractivity contribution >= 4 is 40.6 Å². The van der Waals surface area contributed by atoms with E-state index in [9.17, 15) is 9.90 Å². The maximum Gasteiger partial charge on any atom is 0.403 e. The average Bonchev–Trinajstić information content (AvgIpc) is 3.18. The van der Waals surface area contributed by atoms with Gasteiger partial charge in [-0.2, -0.15) is 0 Å². The third-order valence-corrected chi connectivity index (χ3v) is 11.3. The second-order valence-corrected chi connectivity index (χ2v) is 14.0. The summed E-state index contributed by atoms with van der Waals surface area (Å²) in [5, 5.41) is 9.45. The molecular weight excluding hydrogens is 664 g/mol. The third-order valence-electron chi connectivity index (χ3n) is 8.11. The van der Waals surface area contributed by atoms with E-state index in [1.807, 2.05) is 36.4 Å². The Hall–Kier alpha value is -4.26. The van der Waals surface area contributed by atoms with Crippen molar-refractivity contribution in [2.75, 3.05) is 24.7 Å². The van der Waals surface area contributed by atoms with E-state index in [4.69, 9.17) is 16.3 Å². The second-order valence-electron chi connectivity index (χ2n) is 11.1. The molecule has 0 unspecified atom stereocenters. The fourth-order valence-corrected chi connectivity index (χ4v) is 8.82. The van der Waals surface area contributed by atoms with E-state index in [0.717, 1.165) is 0 Å². The molecule has 1 N–H and O–H groups in total. The summed E-state index contributed by atoms with van der Waals surface area (Å²) >= 11 is 8.82. The number of hydrogen-bond acceptors (Lipinski definition) is 5. The van der Waals surface area contributed by atoms with E-state index in [1.54, 1.807) is 23.5 Å². The number of thioether (sulfide) groups is 2. The first kappa shape index (κ1) is 36.0. The van der Waals surface area contributed by atoms with E-state index < -0.39 is 10.2 Å². The van der Waals surface area contributed by atoms with Gasteiger partial charge in [-0.15, -0.1) is 23.5 Å². The molecule has 0 aliphatic carbocycles. The van der Waals surface area contributed by atoms with Crippen molar-refractivity contribution in [3.63, 3.8) is 0 Å². The summed E-state index contributed by atoms with van der Waals surface area (Å²) in [5.74, 6) is 1.30. The van der Waals surface area contributed by atoms with Gasteiger partial charge in [0, 0.05) is 23.1 Å². The van der Waals surface area contributed by atoms with E-state index in [2.05, 4.69) is 146 Å². The summed E-state index contributed by atoms with van der Waals surface area (Å²) < 4.78 is 4.24. The number of hydrogen-bond donors (Lipinski definition) is 1. The second kappa shape index (κ2) is 18.5. The zero-order valence-electron chi connectivity index (χ0n) is 27.1. The number of carbonyl (C=O) groups is 1. The summed E-state index contributed by atoms with van der Waals surface area (Å²) in [4.78, 5) is 10.9. The van der Waals surface area contributed by atoms with Gasteiger partial charge in [0.1, 0.15) is 6.61 Å². The minimum Gasteiger partial charge on any atom is -0.453 e. The molecular formula is C43H39ClO3S2. The van der Waals surface area contributed by atoms with Crippen LogP contribution in [0.25, 0.3) is 0 Å². The fraction of sp³-hybridized carbons (Fsp3) is 0.140. The van der Waals surface area contributed by atoms with Crippen molar-refractivity contribution in [1.29, 1.82) is 0 Å². The van der Waals surface area contributed by atoms with Crippen LogP contribution in [-0.2, 0) is 14.2 Å². The predicted octanol–water partition coefficient (Wildman–Crippen LogP) is 10.8. The van der Waals surface area contributed by atoms with Gasteiger partial charge in [0.15, 0.2) is 0 Å². The lowest BCUT2D eigenvalue weighted by Crippen LogP contribution is -2.26. The molecule has 6 aromatic carbocycles. The molecule has 248 valence electrons. The van der Waals surface area contributed by atoms with Crippen molar-refractivity contribution in [3.05, 3.63) is 215 Å². The molecule has 0 aliphatic heterocycles. The molecule has 0 radical (unpaired) electrons. The van der Waals surface area contributed by atoms with Crippen LogP contribution in [0, 0.1) is 0 Å². The molecule has 0 fully saturated rings. The summed E-state index contributed by atoms with van der Waals surface area (Å²) in [6.07, 6.45) is 0. The molecule has 0 amide bonds. The Morgan fingerprint density at radius 1 is 0.469 bits per heavy atom. The molecule has 0 saturated heterocycles. The van der Waals surface area contributed by atoms with Crippen molar-refractivity contribution in [1.82, 2.24) is 0 Å². The number of aliphatic hydroxyl groups excluding tert-OH is 1. The number of halogens is 1. The van der Waals surface area contributed by atoms with Gasteiger partial charge in [0.05, 0.1) is 16.1 Å². The Bertz CT molecular complexity index is 1620. The molecule has 0 aromatic heterocycles. The standard InChI is InChI=1S/C22H19ClO2S.C21H20OS/c23-21(24)25-16-17-26-22(18-10-4-1-5-11-18,19-12-6-2-7-13-19)20-14-8-3-9-15-20;22-16-17-23-21(18-10-4-1-5-11-18,19-12-6-2-7-13-19)20-14-8-3-9-15-20/h1-15H,16-17H2;1-15,22H,16-17H2. The summed E-state index contributed by atoms with van der Waals surface area (Å²) in [6.45, 7) is 0.431. The van der Waals surface area contributed by atoms with Crippen LogP contribution in [-0.4, -0.2) is 35.3 Å². The van der Waals surface area contributed by atoms with Crippen LogP contribution in [0.5, 0.6) is 0 Å². The van der Waals surface area contributed by atoms with E-state index in [0.29, 0.717) is 11.5 Å². The third kappa shape index (κ3) is 8.86. The highest BCUT2D eigenvalue weighted by atomic mass is 35.5. The van der Waals surface area contributed by atoms with Gasteiger partial charge in [0.2, 0.25) is 0 Å². The van der Waals surface area contributed by atoms with Crippen molar-refractivity contribution in [3.8, 4) is 0 Å². The van der Waals surface area contributed by atoms with Crippen LogP contribution in [0.3, 0.4) is 0 Å². The number of benzene rings is 6. The van der Waals surface area contributed by atoms with Gasteiger partial charge >= 0.3 is 5.43 Å². The Labute approximate surface area is 303 Å². The van der Waals surface area contributed by atoms with Gasteiger partial charge in [-0.1, -0.05) is 182 Å². The molecule has 6 aromatic rings. The molecule has 0 aliphatic rings. The zero-order chi connectivity index (χ0) is 34.2. The first-order valence-electron chi connectivity index (χ1n) is 16.2. The van der Waals surface area contributed by atoms with Crippen LogP contribution in [0.15, 0.2) is 182 Å². The van der Waals surface area contributed by atoms with Gasteiger partial charge in [-0.3, -0.25) is 0 Å². The lowest BCUT2D eigenvalue weighted by Gasteiger charge is -2.35. The topological polar surface area (TPSA) is 46.5 Å². The number of carbonyl (C=O) groups excluding carboxylic acids is 1. The molecule has 6 heteroatoms. The molecule has 0 spiro atoms. The van der Waals surface area contributed by atoms with E-state index in [1.165, 1.54) is 33.4 Å². The Kier molecular flexibility index (Phi) is 13.6. The molecule has 0 bridgehead atoms. The zero-order valence-corrected chi connectivity index (χ0v) is 29.5. The number of ether oxygens (including phenoxy) is 1. The quantitative estimate of drug-likeness (QED) is 0.0737. The van der Waals surface area contributed by atoms with Crippen molar-refractivity contribution in [2.24, 2.45) is 0 Å². The molecule has 0 saturated carbocycles. The SMILES string of the molecule is O=C(Cl)OCCSC(c1ccccc1)(c1ccccc1)c1ccccc1.OCCSC(c1ccccc1)(c1ccccc1)c1ccccc1. The highest BCUT2D eigenvalue weighted by Crippen LogP contribution is 2.49. The Morgan fingerprint density at radius 3 is 0.939 bits per heavy atom. The highest BCUT2D eigenvalue weighted by Gasteiger charge is 2.37. The Balaban J connectivity index is 0.000000192. The molecule has 49 heavy (non-hydrogen) atoms. The smallest absolute Gasteiger partial charge is 0.403 e. The van der Waals surface area contributed by atoms with Crippen molar-refractivity contribution < 1.29 is 14.6 Å². The monoisotopic (exact) mass is 702 g/mol. The molecule has 0 atom stereocenters. The van der Waals surface area contributed by atoms with Crippen LogP contribution < -0.4 is 0 Å². The summed E-state index contributed by atoms with van der Waals surface area (Å²) in [5.41, 5.74) is 6.47. The van der Waals surface area contributed by atoms with Crippen LogP contribution in [0.4, 0.5) is 4.79 Å². The van der Waals surface area contributed by atoms with Gasteiger partial charge in [0.25, 0.3) is 0 Å². The van der Waals surface area contributed by atoms with Crippen LogP contribution in [0.2, 0.25) is 0 Å². The maximum absolute atomic E-state index is 10.9. The number of aliphatic hydroxyl groups is 1. The van der Waals surface area contributed by atoms with E-state index in [-0.39, 0.29) is 18.0 Å². The predicted molar refractivity (Wildman–Crippen MR) is 208 cm³/mol. The van der Waals surface area contributed by atoms with Crippen LogP contribution >= 0.6 is 35.1 Å². The van der Waals surface area contributed by atoms with Gasteiger partial charge in [-0.05, 0) is 33.4 Å². The van der Waals surface area contributed by atoms with Crippen molar-refractivity contribution in [2.45, 2.75) is 9.49 Å². The molecule has 6 rings (SSSR count). The van der Waals surface area contributed by atoms with Gasteiger partial charge in [-0.25, -0.2) is 4.79 Å². The maximum atomic E-state index is 10.9. The summed E-state index contributed by atoms with van der Waals surface area (Å²) in [7, 11) is 0. The van der Waals surface area contributed by atoms with E-state index >= 15 is 0 Å². The largest absolute Gasteiger partial charge is 0.453 e. The Morgan fingerprint density at radius 2 is 0.714 bits per heavy atom. The average molecular weight is 703 g/mol. The highest BCUT2D eigenvalue weighted by molar-refractivity contribution is 8.00. The molecule has 0 heterocycles. The van der Waals surface area contributed by atoms with Crippen LogP contribution in [0.1, 0.15) is 33.4 Å². The first-order chi connectivity index (χ1) is 24.1. The first-order valence-corrected chi connectivity index (χ1v) is 18.5. The minimum absolute atomic E-state index is 0.166. The number of rotatable bonds is 13. The lowest BCUT2D eigenvalue weighted by molar-refractivity contribution is 0.181. The summed E-state index contributed by atoms with van der Waals surface area (Å²) in [6, 6.07) is 62.8. The minimum atomic E-state index is -0.768. The lowest BCUT2D eigenvalue weighted by atomic mass is 9.84.